The van der Waals surface area contributed by atoms with Gasteiger partial charge in [-0.05, 0) is 36.8 Å². The molecule has 0 radical (unpaired) electrons. The van der Waals surface area contributed by atoms with E-state index >= 15 is 0 Å². The zero-order valence-corrected chi connectivity index (χ0v) is 12.1. The van der Waals surface area contributed by atoms with Crippen LogP contribution in [0.4, 0.5) is 11.4 Å². The molecule has 2 N–H and O–H groups in total. The van der Waals surface area contributed by atoms with Gasteiger partial charge in [-0.2, -0.15) is 0 Å². The molecule has 2 amide bonds. The van der Waals surface area contributed by atoms with Gasteiger partial charge in [0.25, 0.3) is 5.91 Å². The summed E-state index contributed by atoms with van der Waals surface area (Å²) in [5.74, 6) is -0.564. The topological polar surface area (TPSA) is 69.6 Å². The minimum Gasteiger partial charge on any atom is -0.508 e. The van der Waals surface area contributed by atoms with E-state index in [4.69, 9.17) is 0 Å². The van der Waals surface area contributed by atoms with Gasteiger partial charge >= 0.3 is 0 Å². The number of carbonyl (C=O) groups is 2. The van der Waals surface area contributed by atoms with Crippen molar-refractivity contribution in [3.05, 3.63) is 54.1 Å². The van der Waals surface area contributed by atoms with Gasteiger partial charge in [0, 0.05) is 11.8 Å². The second kappa shape index (κ2) is 5.52. The highest BCUT2D eigenvalue weighted by molar-refractivity contribution is 6.23. The maximum atomic E-state index is 12.5. The standard InChI is InChI=1S/C17H16N2O3/c1-11-4-2-5-12(8-11)18-15-10-16(21)19(17(15)22)13-6-3-7-14(20)9-13/h2-9,15,18,20H,10H2,1H3. The first-order valence-corrected chi connectivity index (χ1v) is 7.03. The van der Waals surface area contributed by atoms with Crippen molar-refractivity contribution in [2.75, 3.05) is 10.2 Å². The van der Waals surface area contributed by atoms with Crippen molar-refractivity contribution < 1.29 is 14.7 Å². The monoisotopic (exact) mass is 296 g/mol. The molecule has 5 heteroatoms. The van der Waals surface area contributed by atoms with Gasteiger partial charge in [0.1, 0.15) is 11.8 Å². The number of aromatic hydroxyl groups is 1. The smallest absolute Gasteiger partial charge is 0.256 e. The maximum Gasteiger partial charge on any atom is 0.256 e. The van der Waals surface area contributed by atoms with E-state index in [1.54, 1.807) is 12.1 Å². The molecule has 1 fully saturated rings. The molecule has 0 spiro atoms. The molecule has 2 aromatic rings. The molecular formula is C17H16N2O3. The Balaban J connectivity index is 1.82. The molecule has 1 aliphatic heterocycles. The fourth-order valence-corrected chi connectivity index (χ4v) is 2.58. The Morgan fingerprint density at radius 3 is 2.64 bits per heavy atom. The molecule has 0 aromatic heterocycles. The zero-order valence-electron chi connectivity index (χ0n) is 12.1. The molecular weight excluding hydrogens is 280 g/mol. The molecule has 1 atom stereocenters. The van der Waals surface area contributed by atoms with Gasteiger partial charge < -0.3 is 10.4 Å². The number of amides is 2. The van der Waals surface area contributed by atoms with Crippen molar-refractivity contribution >= 4 is 23.2 Å². The fourth-order valence-electron chi connectivity index (χ4n) is 2.58. The van der Waals surface area contributed by atoms with Crippen LogP contribution in [0.3, 0.4) is 0 Å². The van der Waals surface area contributed by atoms with Crippen LogP contribution in [0.5, 0.6) is 5.75 Å². The second-order valence-corrected chi connectivity index (χ2v) is 5.36. The summed E-state index contributed by atoms with van der Waals surface area (Å²) in [5, 5.41) is 12.6. The number of anilines is 2. The van der Waals surface area contributed by atoms with Gasteiger partial charge in [0.05, 0.1) is 12.1 Å². The van der Waals surface area contributed by atoms with Crippen molar-refractivity contribution in [3.8, 4) is 5.75 Å². The minimum absolute atomic E-state index is 0.0215. The van der Waals surface area contributed by atoms with Crippen molar-refractivity contribution in [1.29, 1.82) is 0 Å². The lowest BCUT2D eigenvalue weighted by atomic mass is 10.2. The van der Waals surface area contributed by atoms with Gasteiger partial charge in [0.2, 0.25) is 5.91 Å². The number of imide groups is 1. The second-order valence-electron chi connectivity index (χ2n) is 5.36. The highest BCUT2D eigenvalue weighted by Gasteiger charge is 2.39. The van der Waals surface area contributed by atoms with Crippen LogP contribution in [0.2, 0.25) is 0 Å². The number of nitrogens with one attached hydrogen (secondary N) is 1. The minimum atomic E-state index is -0.586. The van der Waals surface area contributed by atoms with Crippen molar-refractivity contribution in [3.63, 3.8) is 0 Å². The molecule has 112 valence electrons. The van der Waals surface area contributed by atoms with Crippen molar-refractivity contribution in [1.82, 2.24) is 0 Å². The Morgan fingerprint density at radius 1 is 1.14 bits per heavy atom. The van der Waals surface area contributed by atoms with Gasteiger partial charge in [-0.15, -0.1) is 0 Å². The summed E-state index contributed by atoms with van der Waals surface area (Å²) in [6, 6.07) is 13.2. The van der Waals surface area contributed by atoms with E-state index in [1.165, 1.54) is 12.1 Å². The third-order valence-electron chi connectivity index (χ3n) is 3.59. The summed E-state index contributed by atoms with van der Waals surface area (Å²) in [6.45, 7) is 1.96. The number of aryl methyl sites for hydroxylation is 1. The Hall–Kier alpha value is -2.82. The first-order chi connectivity index (χ1) is 10.5. The molecule has 1 heterocycles. The summed E-state index contributed by atoms with van der Waals surface area (Å²) in [6.07, 6.45) is 0.0996. The number of nitrogens with zero attached hydrogens (tertiary/aromatic N) is 1. The van der Waals surface area contributed by atoms with Crippen LogP contribution in [-0.2, 0) is 9.59 Å². The van der Waals surface area contributed by atoms with Crippen LogP contribution in [-0.4, -0.2) is 23.0 Å². The fraction of sp³-hybridized carbons (Fsp3) is 0.176. The van der Waals surface area contributed by atoms with E-state index in [1.807, 2.05) is 31.2 Å². The summed E-state index contributed by atoms with van der Waals surface area (Å²) in [7, 11) is 0. The summed E-state index contributed by atoms with van der Waals surface area (Å²) in [4.78, 5) is 25.7. The quantitative estimate of drug-likeness (QED) is 0.854. The lowest BCUT2D eigenvalue weighted by Crippen LogP contribution is -2.34. The summed E-state index contributed by atoms with van der Waals surface area (Å²) >= 11 is 0. The molecule has 1 unspecified atom stereocenters. The molecule has 0 bridgehead atoms. The lowest BCUT2D eigenvalue weighted by Gasteiger charge is -2.16. The largest absolute Gasteiger partial charge is 0.508 e. The Kier molecular flexibility index (Phi) is 3.55. The molecule has 1 aliphatic rings. The molecule has 0 aliphatic carbocycles. The van der Waals surface area contributed by atoms with Crippen LogP contribution >= 0.6 is 0 Å². The number of hydrogen-bond donors (Lipinski definition) is 2. The molecule has 5 nitrogen and oxygen atoms in total. The van der Waals surface area contributed by atoms with Crippen LogP contribution in [0.1, 0.15) is 12.0 Å². The zero-order chi connectivity index (χ0) is 15.7. The van der Waals surface area contributed by atoms with Crippen LogP contribution < -0.4 is 10.2 Å². The van der Waals surface area contributed by atoms with E-state index in [0.29, 0.717) is 5.69 Å². The Bertz CT molecular complexity index is 742. The van der Waals surface area contributed by atoms with Gasteiger partial charge in [0.15, 0.2) is 0 Å². The van der Waals surface area contributed by atoms with Crippen molar-refractivity contribution in [2.45, 2.75) is 19.4 Å². The lowest BCUT2D eigenvalue weighted by molar-refractivity contribution is -0.121. The average molecular weight is 296 g/mol. The van der Waals surface area contributed by atoms with Crippen LogP contribution in [0.25, 0.3) is 0 Å². The van der Waals surface area contributed by atoms with Crippen LogP contribution in [0, 0.1) is 6.92 Å². The average Bonchev–Trinajstić information content (AvgIpc) is 2.73. The van der Waals surface area contributed by atoms with E-state index in [9.17, 15) is 14.7 Å². The van der Waals surface area contributed by atoms with E-state index in [0.717, 1.165) is 16.2 Å². The summed E-state index contributed by atoms with van der Waals surface area (Å²) in [5.41, 5.74) is 2.28. The highest BCUT2D eigenvalue weighted by atomic mass is 16.3. The number of phenolic OH excluding ortho intramolecular Hbond substituents is 1. The third-order valence-corrected chi connectivity index (χ3v) is 3.59. The van der Waals surface area contributed by atoms with Gasteiger partial charge in [-0.3, -0.25) is 9.59 Å². The predicted octanol–water partition coefficient (Wildman–Crippen LogP) is 2.44. The molecule has 2 aromatic carbocycles. The van der Waals surface area contributed by atoms with Gasteiger partial charge in [-0.1, -0.05) is 18.2 Å². The van der Waals surface area contributed by atoms with Crippen LogP contribution in [0.15, 0.2) is 48.5 Å². The number of rotatable bonds is 3. The van der Waals surface area contributed by atoms with Crippen molar-refractivity contribution in [2.24, 2.45) is 0 Å². The molecule has 1 saturated heterocycles. The predicted molar refractivity (Wildman–Crippen MR) is 83.8 cm³/mol. The molecule has 3 rings (SSSR count). The molecule has 0 saturated carbocycles. The normalized spacial score (nSPS) is 17.9. The number of benzene rings is 2. The van der Waals surface area contributed by atoms with Gasteiger partial charge in [-0.25, -0.2) is 4.90 Å². The number of phenols is 1. The SMILES string of the molecule is Cc1cccc(NC2CC(=O)N(c3cccc(O)c3)C2=O)c1. The Labute approximate surface area is 128 Å². The summed E-state index contributed by atoms with van der Waals surface area (Å²) < 4.78 is 0. The first kappa shape index (κ1) is 14.1. The highest BCUT2D eigenvalue weighted by Crippen LogP contribution is 2.27. The van der Waals surface area contributed by atoms with E-state index < -0.39 is 6.04 Å². The van der Waals surface area contributed by atoms with E-state index in [2.05, 4.69) is 5.32 Å². The number of hydrogen-bond acceptors (Lipinski definition) is 4. The maximum absolute atomic E-state index is 12.5. The first-order valence-electron chi connectivity index (χ1n) is 7.03. The Morgan fingerprint density at radius 2 is 1.91 bits per heavy atom. The number of carbonyl (C=O) groups excluding carboxylic acids is 2. The van der Waals surface area contributed by atoms with E-state index in [-0.39, 0.29) is 24.0 Å². The molecule has 22 heavy (non-hydrogen) atoms. The third kappa shape index (κ3) is 2.65.